The van der Waals surface area contributed by atoms with Crippen molar-refractivity contribution in [2.75, 3.05) is 5.75 Å². The molecule has 0 saturated carbocycles. The van der Waals surface area contributed by atoms with Crippen LogP contribution in [0.25, 0.3) is 5.69 Å². The van der Waals surface area contributed by atoms with Crippen molar-refractivity contribution in [3.8, 4) is 5.69 Å². The molecule has 1 aromatic carbocycles. The van der Waals surface area contributed by atoms with E-state index in [0.717, 1.165) is 18.5 Å². The van der Waals surface area contributed by atoms with Gasteiger partial charge in [0.05, 0.1) is 5.75 Å². The summed E-state index contributed by atoms with van der Waals surface area (Å²) in [4.78, 5) is 14.8. The molecule has 0 aliphatic rings. The van der Waals surface area contributed by atoms with E-state index in [-0.39, 0.29) is 5.75 Å². The Balaban J connectivity index is 2.17. The Hall–Kier alpha value is -1.75. The van der Waals surface area contributed by atoms with Crippen LogP contribution in [0.4, 0.5) is 0 Å². The first-order chi connectivity index (χ1) is 9.20. The van der Waals surface area contributed by atoms with Gasteiger partial charge in [-0.1, -0.05) is 37.2 Å². The molecule has 2 rings (SSSR count). The summed E-state index contributed by atoms with van der Waals surface area (Å²) >= 11 is 1.22. The number of carbonyl (C=O) groups is 1. The number of nitrogens with zero attached hydrogens (tertiary/aromatic N) is 2. The second-order valence-electron chi connectivity index (χ2n) is 4.18. The van der Waals surface area contributed by atoms with Gasteiger partial charge in [0, 0.05) is 18.1 Å². The first-order valence-electron chi connectivity index (χ1n) is 6.18. The van der Waals surface area contributed by atoms with Crippen molar-refractivity contribution in [2.24, 2.45) is 0 Å². The Kier molecular flexibility index (Phi) is 4.63. The molecule has 0 spiro atoms. The molecule has 0 radical (unpaired) electrons. The maximum Gasteiger partial charge on any atom is 0.313 e. The van der Waals surface area contributed by atoms with Crippen molar-refractivity contribution < 1.29 is 9.90 Å². The molecule has 0 bridgehead atoms. The SMILES string of the molecule is CCCc1ccc(-n2ccnc2SCC(=O)O)cc1. The number of benzene rings is 1. The molecular formula is C14H16N2O2S. The largest absolute Gasteiger partial charge is 0.481 e. The molecule has 0 saturated heterocycles. The lowest BCUT2D eigenvalue weighted by Gasteiger charge is -2.07. The summed E-state index contributed by atoms with van der Waals surface area (Å²) in [7, 11) is 0. The van der Waals surface area contributed by atoms with E-state index in [1.807, 2.05) is 22.9 Å². The highest BCUT2D eigenvalue weighted by Crippen LogP contribution is 2.20. The average Bonchev–Trinajstić information content (AvgIpc) is 2.86. The van der Waals surface area contributed by atoms with Gasteiger partial charge >= 0.3 is 5.97 Å². The van der Waals surface area contributed by atoms with Crippen LogP contribution in [0.1, 0.15) is 18.9 Å². The summed E-state index contributed by atoms with van der Waals surface area (Å²) in [6, 6.07) is 8.28. The molecule has 0 unspecified atom stereocenters. The normalized spacial score (nSPS) is 10.6. The number of hydrogen-bond donors (Lipinski definition) is 1. The van der Waals surface area contributed by atoms with Gasteiger partial charge in [-0.15, -0.1) is 0 Å². The summed E-state index contributed by atoms with van der Waals surface area (Å²) in [5.74, 6) is -0.817. The van der Waals surface area contributed by atoms with Gasteiger partial charge in [0.25, 0.3) is 0 Å². The van der Waals surface area contributed by atoms with Crippen molar-refractivity contribution in [3.05, 3.63) is 42.2 Å². The predicted octanol–water partition coefficient (Wildman–Crippen LogP) is 3.00. The van der Waals surface area contributed by atoms with Crippen LogP contribution in [0.2, 0.25) is 0 Å². The lowest BCUT2D eigenvalue weighted by atomic mass is 10.1. The van der Waals surface area contributed by atoms with Crippen LogP contribution in [-0.2, 0) is 11.2 Å². The van der Waals surface area contributed by atoms with Crippen LogP contribution in [0.3, 0.4) is 0 Å². The Morgan fingerprint density at radius 2 is 2.11 bits per heavy atom. The van der Waals surface area contributed by atoms with Crippen LogP contribution in [-0.4, -0.2) is 26.4 Å². The Morgan fingerprint density at radius 3 is 2.74 bits per heavy atom. The lowest BCUT2D eigenvalue weighted by molar-refractivity contribution is -0.133. The maximum absolute atomic E-state index is 10.6. The van der Waals surface area contributed by atoms with Gasteiger partial charge in [-0.05, 0) is 24.1 Å². The van der Waals surface area contributed by atoms with Crippen molar-refractivity contribution in [1.29, 1.82) is 0 Å². The first-order valence-corrected chi connectivity index (χ1v) is 7.16. The van der Waals surface area contributed by atoms with Gasteiger partial charge in [0.2, 0.25) is 0 Å². The molecule has 0 aliphatic carbocycles. The summed E-state index contributed by atoms with van der Waals surface area (Å²) in [5, 5.41) is 9.41. The average molecular weight is 276 g/mol. The summed E-state index contributed by atoms with van der Waals surface area (Å²) in [5.41, 5.74) is 2.32. The molecule has 5 heteroatoms. The van der Waals surface area contributed by atoms with Gasteiger partial charge in [0.1, 0.15) is 0 Å². The predicted molar refractivity (Wildman–Crippen MR) is 75.9 cm³/mol. The smallest absolute Gasteiger partial charge is 0.313 e. The van der Waals surface area contributed by atoms with E-state index in [2.05, 4.69) is 24.0 Å². The van der Waals surface area contributed by atoms with Crippen LogP contribution in [0, 0.1) is 0 Å². The van der Waals surface area contributed by atoms with E-state index < -0.39 is 5.97 Å². The highest BCUT2D eigenvalue weighted by Gasteiger charge is 2.07. The van der Waals surface area contributed by atoms with Gasteiger partial charge in [-0.2, -0.15) is 0 Å². The second-order valence-corrected chi connectivity index (χ2v) is 5.12. The van der Waals surface area contributed by atoms with E-state index in [0.29, 0.717) is 5.16 Å². The summed E-state index contributed by atoms with van der Waals surface area (Å²) in [6.45, 7) is 2.16. The van der Waals surface area contributed by atoms with Crippen molar-refractivity contribution in [2.45, 2.75) is 24.9 Å². The zero-order chi connectivity index (χ0) is 13.7. The third kappa shape index (κ3) is 3.61. The third-order valence-corrected chi connectivity index (χ3v) is 3.64. The van der Waals surface area contributed by atoms with E-state index in [1.165, 1.54) is 17.3 Å². The van der Waals surface area contributed by atoms with Crippen molar-refractivity contribution >= 4 is 17.7 Å². The van der Waals surface area contributed by atoms with Crippen LogP contribution >= 0.6 is 11.8 Å². The Labute approximate surface area is 116 Å². The Bertz CT molecular complexity index is 549. The summed E-state index contributed by atoms with van der Waals surface area (Å²) in [6.07, 6.45) is 5.73. The maximum atomic E-state index is 10.6. The molecule has 0 fully saturated rings. The standard InChI is InChI=1S/C14H16N2O2S/c1-2-3-11-4-6-12(7-5-11)16-9-8-15-14(16)19-10-13(17)18/h4-9H,2-3,10H2,1H3,(H,17,18). The number of thioether (sulfide) groups is 1. The number of rotatable bonds is 6. The topological polar surface area (TPSA) is 55.1 Å². The van der Waals surface area contributed by atoms with Crippen LogP contribution < -0.4 is 0 Å². The number of aryl methyl sites for hydroxylation is 1. The Morgan fingerprint density at radius 1 is 1.37 bits per heavy atom. The highest BCUT2D eigenvalue weighted by molar-refractivity contribution is 7.99. The van der Waals surface area contributed by atoms with E-state index in [9.17, 15) is 4.79 Å². The van der Waals surface area contributed by atoms with Crippen molar-refractivity contribution in [3.63, 3.8) is 0 Å². The molecule has 2 aromatic rings. The van der Waals surface area contributed by atoms with Gasteiger partial charge in [-0.3, -0.25) is 9.36 Å². The van der Waals surface area contributed by atoms with Crippen LogP contribution in [0.15, 0.2) is 41.8 Å². The molecule has 1 heterocycles. The molecule has 0 aliphatic heterocycles. The van der Waals surface area contributed by atoms with E-state index in [1.54, 1.807) is 6.20 Å². The second kappa shape index (κ2) is 6.43. The highest BCUT2D eigenvalue weighted by atomic mass is 32.2. The molecule has 0 atom stereocenters. The van der Waals surface area contributed by atoms with E-state index >= 15 is 0 Å². The number of carboxylic acids is 1. The lowest BCUT2D eigenvalue weighted by Crippen LogP contribution is -2.01. The zero-order valence-corrected chi connectivity index (χ0v) is 11.6. The third-order valence-electron chi connectivity index (χ3n) is 2.68. The van der Waals surface area contributed by atoms with Crippen molar-refractivity contribution in [1.82, 2.24) is 9.55 Å². The fourth-order valence-corrected chi connectivity index (χ4v) is 2.52. The molecule has 0 amide bonds. The summed E-state index contributed by atoms with van der Waals surface area (Å²) < 4.78 is 1.91. The number of imidazole rings is 1. The van der Waals surface area contributed by atoms with E-state index in [4.69, 9.17) is 5.11 Å². The van der Waals surface area contributed by atoms with Gasteiger partial charge in [0.15, 0.2) is 5.16 Å². The minimum absolute atomic E-state index is 0.0188. The first kappa shape index (κ1) is 13.7. The van der Waals surface area contributed by atoms with Crippen LogP contribution in [0.5, 0.6) is 0 Å². The van der Waals surface area contributed by atoms with Gasteiger partial charge < -0.3 is 5.11 Å². The van der Waals surface area contributed by atoms with Gasteiger partial charge in [-0.25, -0.2) is 4.98 Å². The minimum atomic E-state index is -0.835. The molecule has 1 aromatic heterocycles. The number of aromatic nitrogens is 2. The molecule has 4 nitrogen and oxygen atoms in total. The molecule has 100 valence electrons. The number of carboxylic acid groups (broad SMARTS) is 1. The quantitative estimate of drug-likeness (QED) is 0.824. The zero-order valence-electron chi connectivity index (χ0n) is 10.7. The number of hydrogen-bond acceptors (Lipinski definition) is 3. The number of aliphatic carboxylic acids is 1. The fraction of sp³-hybridized carbons (Fsp3) is 0.286. The molecule has 1 N–H and O–H groups in total. The minimum Gasteiger partial charge on any atom is -0.481 e. The fourth-order valence-electron chi connectivity index (χ4n) is 1.83. The molecular weight excluding hydrogens is 260 g/mol. The molecule has 19 heavy (non-hydrogen) atoms. The monoisotopic (exact) mass is 276 g/mol.